The van der Waals surface area contributed by atoms with E-state index in [9.17, 15) is 0 Å². The van der Waals surface area contributed by atoms with Crippen molar-refractivity contribution < 1.29 is 42.8 Å². The van der Waals surface area contributed by atoms with Crippen LogP contribution < -0.4 is 0.865 Å². The molecule has 3 nitrogen and oxygen atoms in total. The molecule has 2 rings (SSSR count). The van der Waals surface area contributed by atoms with Gasteiger partial charge in [-0.15, -0.1) is 0 Å². The van der Waals surface area contributed by atoms with Crippen LogP contribution in [-0.2, 0) is 6.54 Å². The van der Waals surface area contributed by atoms with Crippen LogP contribution in [0.25, 0.3) is 6.08 Å². The summed E-state index contributed by atoms with van der Waals surface area (Å²) in [5.74, 6) is 1.05. The van der Waals surface area contributed by atoms with E-state index in [1.807, 2.05) is 0 Å². The second kappa shape index (κ2) is 2.77. The Morgan fingerprint density at radius 3 is 3.20 bits per heavy atom. The fourth-order valence-corrected chi connectivity index (χ4v) is 3.46. The quantitative estimate of drug-likeness (QED) is 0.640. The number of hydrogen-bond donors (Lipinski definition) is 0. The van der Waals surface area contributed by atoms with Gasteiger partial charge in [-0.3, -0.25) is 0 Å². The van der Waals surface area contributed by atoms with E-state index in [4.69, 9.17) is 0 Å². The first-order valence-corrected chi connectivity index (χ1v) is 7.55. The monoisotopic (exact) mass is 347 g/mol. The van der Waals surface area contributed by atoms with Gasteiger partial charge in [0.25, 0.3) is 0 Å². The van der Waals surface area contributed by atoms with Crippen molar-refractivity contribution in [2.45, 2.75) is 13.0 Å². The molecule has 0 spiro atoms. The Morgan fingerprint density at radius 1 is 1.50 bits per heavy atom. The molecular weight excluding hydrogens is 340 g/mol. The standard InChI is InChI=1S/C6H6N3.Ra.H/c1-2-4-9-5-7-8-6(9)3-1;;/h1,3H,2,4H2;;. The average molecular weight is 347 g/mol. The van der Waals surface area contributed by atoms with Crippen molar-refractivity contribution in [3.05, 3.63) is 11.9 Å². The first-order chi connectivity index (χ1) is 4.88. The summed E-state index contributed by atoms with van der Waals surface area (Å²) in [6.45, 7) is 1.09. The van der Waals surface area contributed by atoms with E-state index in [1.165, 1.54) is 0.865 Å². The molecule has 0 N–H and O–H groups in total. The number of nitrogens with zero attached hydrogens (tertiary/aromatic N) is 3. The third-order valence-electron chi connectivity index (χ3n) is 1.75. The molecule has 0 aromatic carbocycles. The zero-order chi connectivity index (χ0) is 6.97. The maximum absolute atomic E-state index is 4.06. The van der Waals surface area contributed by atoms with Gasteiger partial charge in [0.05, 0.1) is 0 Å². The molecule has 48 valence electrons. The third kappa shape index (κ3) is 1.09. The maximum atomic E-state index is 4.06. The Morgan fingerprint density at radius 2 is 2.40 bits per heavy atom. The summed E-state index contributed by atoms with van der Waals surface area (Å²) in [6, 6.07) is 0. The molecule has 0 bridgehead atoms. The van der Waals surface area contributed by atoms with Crippen LogP contribution in [0.5, 0.6) is 0 Å². The molecule has 0 atom stereocenters. The van der Waals surface area contributed by atoms with E-state index in [0.29, 0.717) is 42.8 Å². The van der Waals surface area contributed by atoms with Crippen LogP contribution in [0.2, 0.25) is 0 Å². The summed E-state index contributed by atoms with van der Waals surface area (Å²) in [5, 5.41) is 8.10. The molecule has 1 aliphatic heterocycles. The zero-order valence-electron chi connectivity index (χ0n) is 5.91. The molecule has 0 unspecified atom stereocenters. The molecule has 0 saturated heterocycles. The second-order valence-electron chi connectivity index (χ2n) is 2.45. The Balaban J connectivity index is 2.57. The Bertz CT molecular complexity index is 277. The predicted octanol–water partition coefficient (Wildman–Crippen LogP) is -0.398. The fraction of sp³-hybridized carbons (Fsp3) is 0.333. The van der Waals surface area contributed by atoms with E-state index >= 15 is 0 Å². The van der Waals surface area contributed by atoms with Crippen LogP contribution in [-0.4, -0.2) is 14.8 Å². The number of hydrogen-bond acceptors (Lipinski definition) is 2. The minimum absolute atomic E-state index is 0.359. The fourth-order valence-electron chi connectivity index (χ4n) is 1.19. The van der Waals surface area contributed by atoms with Crippen molar-refractivity contribution in [3.63, 3.8) is 0 Å². The molecule has 0 saturated carbocycles. The molecule has 10 heavy (non-hydrogen) atoms. The topological polar surface area (TPSA) is 30.7 Å². The first-order valence-electron chi connectivity index (χ1n) is 3.44. The normalized spacial score (nSPS) is 15.1. The van der Waals surface area contributed by atoms with Crippen molar-refractivity contribution in [3.8, 4) is 0 Å². The van der Waals surface area contributed by atoms with Gasteiger partial charge in [0.2, 0.25) is 0 Å². The summed E-state index contributed by atoms with van der Waals surface area (Å²) in [6.07, 6.45) is 5.35. The molecule has 4 heteroatoms. The van der Waals surface area contributed by atoms with Gasteiger partial charge in [-0.05, 0) is 0 Å². The van der Waals surface area contributed by atoms with Crippen LogP contribution in [0, 0.1) is 42.8 Å². The molecule has 0 radical (unpaired) electrons. The number of rotatable bonds is 0. The number of aromatic nitrogens is 3. The van der Waals surface area contributed by atoms with Crippen LogP contribution in [0.4, 0.5) is 0 Å². The Labute approximate surface area is 88.3 Å². The van der Waals surface area contributed by atoms with Crippen molar-refractivity contribution in [2.24, 2.45) is 0 Å². The van der Waals surface area contributed by atoms with Crippen LogP contribution in [0.15, 0.2) is 6.08 Å². The van der Waals surface area contributed by atoms with E-state index in [0.717, 1.165) is 18.8 Å². The van der Waals surface area contributed by atoms with Crippen molar-refractivity contribution in [2.75, 3.05) is 0 Å². The van der Waals surface area contributed by atoms with Gasteiger partial charge >= 0.3 is 89.4 Å². The average Bonchev–Trinajstić information content (AvgIpc) is 2.34. The summed E-state index contributed by atoms with van der Waals surface area (Å²) < 4.78 is 3.47. The molecular formula is C6H7N3Ra. The first kappa shape index (κ1) is 7.02. The van der Waals surface area contributed by atoms with Gasteiger partial charge in [0.1, 0.15) is 0 Å². The van der Waals surface area contributed by atoms with Crippen LogP contribution in [0.3, 0.4) is 0 Å². The van der Waals surface area contributed by atoms with Crippen molar-refractivity contribution in [1.82, 2.24) is 14.8 Å². The summed E-state index contributed by atoms with van der Waals surface area (Å²) in [5.41, 5.74) is 0. The molecule has 1 aromatic rings. The molecule has 1 aromatic heterocycles. The third-order valence-corrected chi connectivity index (χ3v) is 4.79. The van der Waals surface area contributed by atoms with E-state index in [1.54, 1.807) is 0 Å². The molecule has 2 heterocycles. The van der Waals surface area contributed by atoms with Gasteiger partial charge in [-0.2, -0.15) is 0 Å². The molecule has 1 aliphatic rings. The molecule has 0 aliphatic carbocycles. The SMILES string of the molecule is [RaH][c]1nnc2n1CCC=C2. The van der Waals surface area contributed by atoms with Gasteiger partial charge in [0, 0.05) is 0 Å². The van der Waals surface area contributed by atoms with Crippen LogP contribution in [0.1, 0.15) is 12.2 Å². The van der Waals surface area contributed by atoms with Gasteiger partial charge < -0.3 is 0 Å². The molecule has 0 fully saturated rings. The van der Waals surface area contributed by atoms with E-state index < -0.39 is 0 Å². The summed E-state index contributed by atoms with van der Waals surface area (Å²) >= 11 is 0.359. The number of fused-ring (bicyclic) bond motifs is 1. The van der Waals surface area contributed by atoms with Gasteiger partial charge in [0.15, 0.2) is 0 Å². The minimum atomic E-state index is 0.359. The predicted molar refractivity (Wildman–Crippen MR) is 34.7 cm³/mol. The van der Waals surface area contributed by atoms with Gasteiger partial charge in [-0.1, -0.05) is 0 Å². The Kier molecular flexibility index (Phi) is 1.94. The summed E-state index contributed by atoms with van der Waals surface area (Å²) in [7, 11) is 0. The van der Waals surface area contributed by atoms with E-state index in [-0.39, 0.29) is 0 Å². The van der Waals surface area contributed by atoms with Crippen LogP contribution >= 0.6 is 0 Å². The second-order valence-corrected chi connectivity index (χ2v) is 6.12. The summed E-state index contributed by atoms with van der Waals surface area (Å²) in [4.78, 5) is 0. The number of allylic oxidation sites excluding steroid dienone is 1. The van der Waals surface area contributed by atoms with Crippen molar-refractivity contribution >= 4 is 6.94 Å². The van der Waals surface area contributed by atoms with Crippen molar-refractivity contribution in [1.29, 1.82) is 0 Å². The molecule has 0 amide bonds. The van der Waals surface area contributed by atoms with E-state index in [2.05, 4.69) is 26.9 Å². The zero-order valence-corrected chi connectivity index (χ0v) is 14.1. The Hall–Kier alpha value is 0.348. The van der Waals surface area contributed by atoms with Gasteiger partial charge in [-0.25, -0.2) is 0 Å².